The maximum Gasteiger partial charge on any atom is 0.258 e. The third-order valence-corrected chi connectivity index (χ3v) is 5.78. The third-order valence-electron chi connectivity index (χ3n) is 5.00. The van der Waals surface area contributed by atoms with Gasteiger partial charge in [-0.15, -0.1) is 0 Å². The molecule has 1 aromatic carbocycles. The quantitative estimate of drug-likeness (QED) is 0.781. The highest BCUT2D eigenvalue weighted by atomic mass is 35.5. The predicted octanol–water partition coefficient (Wildman–Crippen LogP) is 4.55. The van der Waals surface area contributed by atoms with E-state index < -0.39 is 0 Å². The summed E-state index contributed by atoms with van der Waals surface area (Å²) in [6.07, 6.45) is 7.09. The first-order valence-electron chi connectivity index (χ1n) is 8.85. The van der Waals surface area contributed by atoms with Crippen molar-refractivity contribution < 1.29 is 9.53 Å². The molecule has 2 fully saturated rings. The monoisotopic (exact) mass is 404 g/mol. The zero-order chi connectivity index (χ0) is 17.8. The molecule has 1 aliphatic heterocycles. The number of halogens is 3. The molecule has 1 saturated heterocycles. The molecule has 0 aromatic heterocycles. The smallest absolute Gasteiger partial charge is 0.258 e. The van der Waals surface area contributed by atoms with E-state index in [0.29, 0.717) is 26.9 Å². The fourth-order valence-electron chi connectivity index (χ4n) is 3.84. The molecule has 3 rings (SSSR count). The Morgan fingerprint density at radius 3 is 2.40 bits per heavy atom. The predicted molar refractivity (Wildman–Crippen MR) is 102 cm³/mol. The fourth-order valence-corrected chi connectivity index (χ4v) is 4.77. The normalized spacial score (nSPS) is 24.3. The molecule has 1 saturated carbocycles. The van der Waals surface area contributed by atoms with Crippen LogP contribution in [0.15, 0.2) is 12.1 Å². The highest BCUT2D eigenvalue weighted by Crippen LogP contribution is 2.35. The van der Waals surface area contributed by atoms with Gasteiger partial charge < -0.3 is 10.1 Å². The van der Waals surface area contributed by atoms with Crippen LogP contribution in [0.25, 0.3) is 0 Å². The fraction of sp³-hybridized carbons (Fsp3) is 0.611. The van der Waals surface area contributed by atoms with Gasteiger partial charge in [0, 0.05) is 17.1 Å². The third kappa shape index (κ3) is 4.94. The van der Waals surface area contributed by atoms with Crippen LogP contribution in [0.2, 0.25) is 15.1 Å². The Morgan fingerprint density at radius 2 is 1.72 bits per heavy atom. The molecule has 7 heteroatoms. The largest absolute Gasteiger partial charge is 0.481 e. The van der Waals surface area contributed by atoms with E-state index in [9.17, 15) is 4.79 Å². The van der Waals surface area contributed by atoms with Gasteiger partial charge in [-0.05, 0) is 50.9 Å². The molecule has 1 heterocycles. The number of ether oxygens (including phenoxy) is 1. The molecule has 138 valence electrons. The minimum Gasteiger partial charge on any atom is -0.481 e. The number of hydrogen-bond donors (Lipinski definition) is 1. The number of amides is 1. The Balaban J connectivity index is 1.56. The molecule has 1 aliphatic carbocycles. The van der Waals surface area contributed by atoms with Crippen molar-refractivity contribution in [2.45, 2.75) is 50.6 Å². The molecule has 0 bridgehead atoms. The highest BCUT2D eigenvalue weighted by Gasteiger charge is 2.32. The molecule has 0 spiro atoms. The van der Waals surface area contributed by atoms with Gasteiger partial charge in [0.1, 0.15) is 0 Å². The zero-order valence-corrected chi connectivity index (χ0v) is 16.3. The van der Waals surface area contributed by atoms with Crippen LogP contribution in [0, 0.1) is 0 Å². The Labute approximate surface area is 163 Å². The van der Waals surface area contributed by atoms with Crippen molar-refractivity contribution >= 4 is 40.7 Å². The summed E-state index contributed by atoms with van der Waals surface area (Å²) >= 11 is 18.1. The molecule has 4 nitrogen and oxygen atoms in total. The van der Waals surface area contributed by atoms with Crippen LogP contribution in [-0.2, 0) is 4.79 Å². The standard InChI is InChI=1S/C18H23Cl3N2O2/c19-12-9-13(20)18(14(21)10-12)25-11-17(24)22-15-5-1-2-6-16(15)23-7-3-4-8-23/h9-10,15-16H,1-8,11H2,(H,22,24). The van der Waals surface area contributed by atoms with Crippen LogP contribution >= 0.6 is 34.8 Å². The van der Waals surface area contributed by atoms with Crippen molar-refractivity contribution in [2.75, 3.05) is 19.7 Å². The number of likely N-dealkylation sites (tertiary alicyclic amines) is 1. The number of nitrogens with zero attached hydrogens (tertiary/aromatic N) is 1. The number of rotatable bonds is 5. The SMILES string of the molecule is O=C(COc1c(Cl)cc(Cl)cc1Cl)NC1CCCCC1N1CCCC1. The molecule has 1 aromatic rings. The molecule has 2 unspecified atom stereocenters. The Hall–Kier alpha value is -0.680. The summed E-state index contributed by atoms with van der Waals surface area (Å²) in [4.78, 5) is 14.9. The van der Waals surface area contributed by atoms with Gasteiger partial charge in [-0.1, -0.05) is 47.6 Å². The minimum atomic E-state index is -0.141. The second kappa shape index (κ2) is 8.81. The molecule has 2 aliphatic rings. The summed E-state index contributed by atoms with van der Waals surface area (Å²) in [5.74, 6) is 0.154. The Kier molecular flexibility index (Phi) is 6.73. The van der Waals surface area contributed by atoms with E-state index in [-0.39, 0.29) is 18.6 Å². The summed E-state index contributed by atoms with van der Waals surface area (Å²) in [6.45, 7) is 2.18. The molecule has 25 heavy (non-hydrogen) atoms. The maximum atomic E-state index is 12.4. The van der Waals surface area contributed by atoms with Gasteiger partial charge in [0.25, 0.3) is 5.91 Å². The molecule has 1 N–H and O–H groups in total. The van der Waals surface area contributed by atoms with E-state index in [1.807, 2.05) is 0 Å². The van der Waals surface area contributed by atoms with Crippen LogP contribution in [0.3, 0.4) is 0 Å². The van der Waals surface area contributed by atoms with Gasteiger partial charge in [-0.25, -0.2) is 0 Å². The molecule has 2 atom stereocenters. The van der Waals surface area contributed by atoms with Crippen LogP contribution in [0.4, 0.5) is 0 Å². The summed E-state index contributed by atoms with van der Waals surface area (Å²) in [6, 6.07) is 3.74. The highest BCUT2D eigenvalue weighted by molar-refractivity contribution is 6.40. The Bertz CT molecular complexity index is 597. The average Bonchev–Trinajstić information content (AvgIpc) is 3.08. The van der Waals surface area contributed by atoms with E-state index in [4.69, 9.17) is 39.5 Å². The van der Waals surface area contributed by atoms with Gasteiger partial charge in [-0.3, -0.25) is 9.69 Å². The van der Waals surface area contributed by atoms with Crippen molar-refractivity contribution in [2.24, 2.45) is 0 Å². The van der Waals surface area contributed by atoms with Crippen LogP contribution in [0.5, 0.6) is 5.75 Å². The number of benzene rings is 1. The summed E-state index contributed by atoms with van der Waals surface area (Å²) < 4.78 is 5.54. The van der Waals surface area contributed by atoms with E-state index in [1.54, 1.807) is 12.1 Å². The first-order chi connectivity index (χ1) is 12.0. The summed E-state index contributed by atoms with van der Waals surface area (Å²) in [5, 5.41) is 4.19. The van der Waals surface area contributed by atoms with Crippen LogP contribution in [0.1, 0.15) is 38.5 Å². The number of carbonyl (C=O) groups is 1. The number of nitrogens with one attached hydrogen (secondary N) is 1. The van der Waals surface area contributed by atoms with E-state index >= 15 is 0 Å². The molecular weight excluding hydrogens is 383 g/mol. The lowest BCUT2D eigenvalue weighted by Crippen LogP contribution is -2.53. The van der Waals surface area contributed by atoms with Gasteiger partial charge in [-0.2, -0.15) is 0 Å². The zero-order valence-electron chi connectivity index (χ0n) is 14.1. The van der Waals surface area contributed by atoms with Crippen LogP contribution in [-0.4, -0.2) is 42.6 Å². The lowest BCUT2D eigenvalue weighted by molar-refractivity contribution is -0.124. The number of carbonyl (C=O) groups excluding carboxylic acids is 1. The van der Waals surface area contributed by atoms with Gasteiger partial charge in [0.2, 0.25) is 0 Å². The first-order valence-corrected chi connectivity index (χ1v) is 9.99. The lowest BCUT2D eigenvalue weighted by atomic mass is 9.89. The van der Waals surface area contributed by atoms with Gasteiger partial charge in [0.15, 0.2) is 12.4 Å². The van der Waals surface area contributed by atoms with Gasteiger partial charge >= 0.3 is 0 Å². The van der Waals surface area contributed by atoms with Crippen molar-refractivity contribution in [3.8, 4) is 5.75 Å². The second-order valence-electron chi connectivity index (χ2n) is 6.76. The van der Waals surface area contributed by atoms with Gasteiger partial charge in [0.05, 0.1) is 10.0 Å². The van der Waals surface area contributed by atoms with E-state index in [2.05, 4.69) is 10.2 Å². The summed E-state index contributed by atoms with van der Waals surface area (Å²) in [5.41, 5.74) is 0. The van der Waals surface area contributed by atoms with Crippen LogP contribution < -0.4 is 10.1 Å². The van der Waals surface area contributed by atoms with Crippen molar-refractivity contribution in [1.29, 1.82) is 0 Å². The van der Waals surface area contributed by atoms with E-state index in [1.165, 1.54) is 19.3 Å². The first kappa shape index (κ1) is 19.1. The average molecular weight is 406 g/mol. The summed E-state index contributed by atoms with van der Waals surface area (Å²) in [7, 11) is 0. The maximum absolute atomic E-state index is 12.4. The lowest BCUT2D eigenvalue weighted by Gasteiger charge is -2.38. The molecule has 1 amide bonds. The Morgan fingerprint density at radius 1 is 1.08 bits per heavy atom. The molecular formula is C18H23Cl3N2O2. The van der Waals surface area contributed by atoms with Crippen molar-refractivity contribution in [3.05, 3.63) is 27.2 Å². The van der Waals surface area contributed by atoms with E-state index in [0.717, 1.165) is 32.4 Å². The minimum absolute atomic E-state index is 0.107. The second-order valence-corrected chi connectivity index (χ2v) is 8.01. The van der Waals surface area contributed by atoms with Crippen molar-refractivity contribution in [1.82, 2.24) is 10.2 Å². The number of hydrogen-bond acceptors (Lipinski definition) is 3. The molecule has 0 radical (unpaired) electrons. The van der Waals surface area contributed by atoms with Crippen molar-refractivity contribution in [3.63, 3.8) is 0 Å². The topological polar surface area (TPSA) is 41.6 Å².